The Morgan fingerprint density at radius 2 is 2.00 bits per heavy atom. The van der Waals surface area contributed by atoms with Crippen LogP contribution in [-0.4, -0.2) is 36.1 Å². The topological polar surface area (TPSA) is 78.4 Å². The van der Waals surface area contributed by atoms with Gasteiger partial charge in [0.15, 0.2) is 0 Å². The molecule has 0 aromatic carbocycles. The van der Waals surface area contributed by atoms with Gasteiger partial charge in [0, 0.05) is 13.0 Å². The highest BCUT2D eigenvalue weighted by atomic mass is 16.4. The summed E-state index contributed by atoms with van der Waals surface area (Å²) in [6.07, 6.45) is 1.48. The van der Waals surface area contributed by atoms with Gasteiger partial charge in [0.2, 0.25) is 5.91 Å². The third kappa shape index (κ3) is 6.90. The summed E-state index contributed by atoms with van der Waals surface area (Å²) in [5, 5.41) is 14.3. The van der Waals surface area contributed by atoms with Crippen LogP contribution < -0.4 is 10.6 Å². The SMILES string of the molecule is CCCNC(=O)CCC(NCC)C(=O)O. The van der Waals surface area contributed by atoms with E-state index in [4.69, 9.17) is 5.11 Å². The summed E-state index contributed by atoms with van der Waals surface area (Å²) in [4.78, 5) is 21.9. The zero-order chi connectivity index (χ0) is 11.7. The Bertz CT molecular complexity index is 207. The monoisotopic (exact) mass is 216 g/mol. The summed E-state index contributed by atoms with van der Waals surface area (Å²) in [5.74, 6) is -0.985. The van der Waals surface area contributed by atoms with E-state index in [-0.39, 0.29) is 12.3 Å². The number of nitrogens with one attached hydrogen (secondary N) is 2. The first kappa shape index (κ1) is 13.9. The van der Waals surface area contributed by atoms with Crippen molar-refractivity contribution in [3.63, 3.8) is 0 Å². The Labute approximate surface area is 90.2 Å². The molecule has 0 rings (SSSR count). The van der Waals surface area contributed by atoms with Gasteiger partial charge in [0.25, 0.3) is 0 Å². The van der Waals surface area contributed by atoms with E-state index in [9.17, 15) is 9.59 Å². The van der Waals surface area contributed by atoms with E-state index in [1.807, 2.05) is 13.8 Å². The molecule has 5 nitrogen and oxygen atoms in total. The van der Waals surface area contributed by atoms with E-state index in [1.54, 1.807) is 0 Å². The van der Waals surface area contributed by atoms with Crippen molar-refractivity contribution in [2.75, 3.05) is 13.1 Å². The molecule has 0 aliphatic heterocycles. The summed E-state index contributed by atoms with van der Waals surface area (Å²) in [7, 11) is 0. The fourth-order valence-electron chi connectivity index (χ4n) is 1.19. The van der Waals surface area contributed by atoms with Crippen molar-refractivity contribution < 1.29 is 14.7 Å². The molecule has 1 unspecified atom stereocenters. The first-order chi connectivity index (χ1) is 7.11. The van der Waals surface area contributed by atoms with Crippen LogP contribution in [-0.2, 0) is 9.59 Å². The molecule has 0 fully saturated rings. The van der Waals surface area contributed by atoms with Gasteiger partial charge in [-0.15, -0.1) is 0 Å². The number of carboxylic acid groups (broad SMARTS) is 1. The van der Waals surface area contributed by atoms with Crippen molar-refractivity contribution in [1.82, 2.24) is 10.6 Å². The molecule has 0 radical (unpaired) electrons. The van der Waals surface area contributed by atoms with Gasteiger partial charge in [-0.25, -0.2) is 0 Å². The van der Waals surface area contributed by atoms with Crippen LogP contribution in [0.25, 0.3) is 0 Å². The predicted octanol–water partition coefficient (Wildman–Crippen LogP) is 0.355. The average molecular weight is 216 g/mol. The van der Waals surface area contributed by atoms with Crippen LogP contribution in [0.3, 0.4) is 0 Å². The van der Waals surface area contributed by atoms with Gasteiger partial charge in [-0.2, -0.15) is 0 Å². The standard InChI is InChI=1S/C10H20N2O3/c1-3-7-12-9(13)6-5-8(10(14)15)11-4-2/h8,11H,3-7H2,1-2H3,(H,12,13)(H,14,15). The summed E-state index contributed by atoms with van der Waals surface area (Å²) in [6, 6.07) is -0.623. The Balaban J connectivity index is 3.78. The van der Waals surface area contributed by atoms with Gasteiger partial charge in [-0.05, 0) is 19.4 Å². The molecule has 0 spiro atoms. The number of carbonyl (C=O) groups excluding carboxylic acids is 1. The highest BCUT2D eigenvalue weighted by Crippen LogP contribution is 1.97. The highest BCUT2D eigenvalue weighted by molar-refractivity contribution is 5.78. The van der Waals surface area contributed by atoms with E-state index in [0.29, 0.717) is 19.5 Å². The molecule has 0 saturated heterocycles. The fraction of sp³-hybridized carbons (Fsp3) is 0.800. The minimum Gasteiger partial charge on any atom is -0.480 e. The number of likely N-dealkylation sites (N-methyl/N-ethyl adjacent to an activating group) is 1. The second-order valence-corrected chi connectivity index (χ2v) is 3.34. The highest BCUT2D eigenvalue weighted by Gasteiger charge is 2.16. The van der Waals surface area contributed by atoms with E-state index in [2.05, 4.69) is 10.6 Å². The number of amides is 1. The number of carbonyl (C=O) groups is 2. The van der Waals surface area contributed by atoms with Crippen molar-refractivity contribution in [3.8, 4) is 0 Å². The van der Waals surface area contributed by atoms with Crippen molar-refractivity contribution in [2.45, 2.75) is 39.2 Å². The average Bonchev–Trinajstić information content (AvgIpc) is 2.20. The van der Waals surface area contributed by atoms with Crippen molar-refractivity contribution in [2.24, 2.45) is 0 Å². The first-order valence-corrected chi connectivity index (χ1v) is 5.34. The largest absolute Gasteiger partial charge is 0.480 e. The second-order valence-electron chi connectivity index (χ2n) is 3.34. The molecule has 0 aliphatic rings. The first-order valence-electron chi connectivity index (χ1n) is 5.34. The maximum absolute atomic E-state index is 11.2. The van der Waals surface area contributed by atoms with E-state index in [0.717, 1.165) is 6.42 Å². The normalized spacial score (nSPS) is 12.1. The molecule has 0 aromatic heterocycles. The van der Waals surface area contributed by atoms with Crippen LogP contribution >= 0.6 is 0 Å². The number of aliphatic carboxylic acids is 1. The molecule has 5 heteroatoms. The Hall–Kier alpha value is -1.10. The van der Waals surface area contributed by atoms with Crippen molar-refractivity contribution in [1.29, 1.82) is 0 Å². The van der Waals surface area contributed by atoms with Gasteiger partial charge in [-0.3, -0.25) is 9.59 Å². The molecule has 88 valence electrons. The molecule has 0 aliphatic carbocycles. The van der Waals surface area contributed by atoms with Gasteiger partial charge < -0.3 is 15.7 Å². The van der Waals surface area contributed by atoms with Gasteiger partial charge in [0.1, 0.15) is 6.04 Å². The Kier molecular flexibility index (Phi) is 7.62. The number of carboxylic acids is 1. The maximum atomic E-state index is 11.2. The third-order valence-corrected chi connectivity index (χ3v) is 1.98. The lowest BCUT2D eigenvalue weighted by Crippen LogP contribution is -2.37. The van der Waals surface area contributed by atoms with E-state index in [1.165, 1.54) is 0 Å². The minimum atomic E-state index is -0.903. The Morgan fingerprint density at radius 3 is 2.47 bits per heavy atom. The van der Waals surface area contributed by atoms with Crippen LogP contribution in [0, 0.1) is 0 Å². The van der Waals surface area contributed by atoms with Crippen LogP contribution in [0.4, 0.5) is 0 Å². The molecule has 0 aromatic rings. The predicted molar refractivity (Wildman–Crippen MR) is 57.6 cm³/mol. The van der Waals surface area contributed by atoms with Crippen LogP contribution in [0.2, 0.25) is 0 Å². The molecular weight excluding hydrogens is 196 g/mol. The zero-order valence-electron chi connectivity index (χ0n) is 9.38. The smallest absolute Gasteiger partial charge is 0.320 e. The number of rotatable bonds is 8. The quantitative estimate of drug-likeness (QED) is 0.547. The summed E-state index contributed by atoms with van der Waals surface area (Å²) in [6.45, 7) is 5.05. The second kappa shape index (κ2) is 8.23. The summed E-state index contributed by atoms with van der Waals surface area (Å²) >= 11 is 0. The zero-order valence-corrected chi connectivity index (χ0v) is 9.38. The number of hydrogen-bond acceptors (Lipinski definition) is 3. The fourth-order valence-corrected chi connectivity index (χ4v) is 1.19. The summed E-state index contributed by atoms with van der Waals surface area (Å²) in [5.41, 5.74) is 0. The molecular formula is C10H20N2O3. The molecule has 1 atom stereocenters. The Morgan fingerprint density at radius 1 is 1.33 bits per heavy atom. The maximum Gasteiger partial charge on any atom is 0.320 e. The molecule has 0 saturated carbocycles. The lowest BCUT2D eigenvalue weighted by atomic mass is 10.1. The van der Waals surface area contributed by atoms with E-state index < -0.39 is 12.0 Å². The molecule has 0 bridgehead atoms. The number of hydrogen-bond donors (Lipinski definition) is 3. The molecule has 1 amide bonds. The molecule has 0 heterocycles. The van der Waals surface area contributed by atoms with Gasteiger partial charge >= 0.3 is 5.97 Å². The lowest BCUT2D eigenvalue weighted by Gasteiger charge is -2.12. The van der Waals surface area contributed by atoms with Crippen LogP contribution in [0.15, 0.2) is 0 Å². The van der Waals surface area contributed by atoms with E-state index >= 15 is 0 Å². The minimum absolute atomic E-state index is 0.0824. The molecule has 3 N–H and O–H groups in total. The van der Waals surface area contributed by atoms with Gasteiger partial charge in [-0.1, -0.05) is 13.8 Å². The lowest BCUT2D eigenvalue weighted by molar-refractivity contribution is -0.139. The van der Waals surface area contributed by atoms with Crippen molar-refractivity contribution >= 4 is 11.9 Å². The van der Waals surface area contributed by atoms with Gasteiger partial charge in [0.05, 0.1) is 0 Å². The van der Waals surface area contributed by atoms with Crippen LogP contribution in [0.5, 0.6) is 0 Å². The van der Waals surface area contributed by atoms with Crippen molar-refractivity contribution in [3.05, 3.63) is 0 Å². The molecule has 15 heavy (non-hydrogen) atoms. The van der Waals surface area contributed by atoms with Crippen LogP contribution in [0.1, 0.15) is 33.1 Å². The third-order valence-electron chi connectivity index (χ3n) is 1.98. The summed E-state index contributed by atoms with van der Waals surface area (Å²) < 4.78 is 0.